The summed E-state index contributed by atoms with van der Waals surface area (Å²) in [5.74, 6) is -1.20. The summed E-state index contributed by atoms with van der Waals surface area (Å²) in [6.45, 7) is 3.77. The van der Waals surface area contributed by atoms with Gasteiger partial charge in [0, 0.05) is 6.54 Å². The van der Waals surface area contributed by atoms with Gasteiger partial charge in [-0.2, -0.15) is 0 Å². The van der Waals surface area contributed by atoms with Crippen molar-refractivity contribution in [3.8, 4) is 0 Å². The molecule has 0 radical (unpaired) electrons. The Morgan fingerprint density at radius 1 is 1.38 bits per heavy atom. The molecule has 0 saturated heterocycles. The summed E-state index contributed by atoms with van der Waals surface area (Å²) in [7, 11) is -3.93. The highest BCUT2D eigenvalue weighted by molar-refractivity contribution is 7.93. The molecule has 1 aromatic carbocycles. The zero-order chi connectivity index (χ0) is 16.0. The molecular weight excluding hydrogens is 295 g/mol. The van der Waals surface area contributed by atoms with Crippen molar-refractivity contribution in [3.05, 3.63) is 24.0 Å². The SMILES string of the molecule is CCCCCNC(=O)C(C)S(=O)(=O)c1ccc(F)cc1N. The van der Waals surface area contributed by atoms with Crippen molar-refractivity contribution in [2.24, 2.45) is 0 Å². The summed E-state index contributed by atoms with van der Waals surface area (Å²) < 4.78 is 37.6. The molecule has 0 bridgehead atoms. The molecule has 0 aliphatic carbocycles. The minimum Gasteiger partial charge on any atom is -0.398 e. The van der Waals surface area contributed by atoms with Crippen LogP contribution in [-0.4, -0.2) is 26.1 Å². The Bertz CT molecular complexity index is 602. The molecule has 118 valence electrons. The molecule has 21 heavy (non-hydrogen) atoms. The average Bonchev–Trinajstić information content (AvgIpc) is 2.42. The van der Waals surface area contributed by atoms with Crippen LogP contribution in [-0.2, 0) is 14.6 Å². The van der Waals surface area contributed by atoms with E-state index in [1.165, 1.54) is 6.92 Å². The van der Waals surface area contributed by atoms with Crippen LogP contribution in [0.2, 0.25) is 0 Å². The van der Waals surface area contributed by atoms with E-state index in [0.717, 1.165) is 37.5 Å². The van der Waals surface area contributed by atoms with E-state index in [0.29, 0.717) is 6.54 Å². The van der Waals surface area contributed by atoms with Crippen LogP contribution >= 0.6 is 0 Å². The standard InChI is InChI=1S/C14H21FN2O3S/c1-3-4-5-8-17-14(18)10(2)21(19,20)13-7-6-11(15)9-12(13)16/h6-7,9-10H,3-5,8,16H2,1-2H3,(H,17,18). The molecule has 1 unspecified atom stereocenters. The monoisotopic (exact) mass is 316 g/mol. The van der Waals surface area contributed by atoms with Crippen molar-refractivity contribution in [1.29, 1.82) is 0 Å². The van der Waals surface area contributed by atoms with E-state index in [-0.39, 0.29) is 10.6 Å². The number of hydrogen-bond acceptors (Lipinski definition) is 4. The molecule has 0 heterocycles. The molecule has 0 aliphatic heterocycles. The lowest BCUT2D eigenvalue weighted by molar-refractivity contribution is -0.120. The first-order valence-electron chi connectivity index (χ1n) is 6.87. The van der Waals surface area contributed by atoms with Gasteiger partial charge in [0.1, 0.15) is 11.1 Å². The van der Waals surface area contributed by atoms with Crippen LogP contribution in [0.4, 0.5) is 10.1 Å². The van der Waals surface area contributed by atoms with Gasteiger partial charge in [0.05, 0.1) is 10.6 Å². The first-order chi connectivity index (χ1) is 9.80. The molecule has 0 fully saturated rings. The van der Waals surface area contributed by atoms with Crippen LogP contribution in [0.3, 0.4) is 0 Å². The van der Waals surface area contributed by atoms with Gasteiger partial charge >= 0.3 is 0 Å². The number of nitrogens with two attached hydrogens (primary N) is 1. The van der Waals surface area contributed by atoms with Gasteiger partial charge < -0.3 is 11.1 Å². The van der Waals surface area contributed by atoms with Gasteiger partial charge in [-0.1, -0.05) is 19.8 Å². The fourth-order valence-corrected chi connectivity index (χ4v) is 3.23. The van der Waals surface area contributed by atoms with Crippen LogP contribution in [0.15, 0.2) is 23.1 Å². The molecule has 7 heteroatoms. The van der Waals surface area contributed by atoms with Crippen molar-refractivity contribution in [3.63, 3.8) is 0 Å². The fraction of sp³-hybridized carbons (Fsp3) is 0.500. The maximum absolute atomic E-state index is 13.0. The van der Waals surface area contributed by atoms with Gasteiger partial charge in [-0.25, -0.2) is 12.8 Å². The fourth-order valence-electron chi connectivity index (χ4n) is 1.84. The van der Waals surface area contributed by atoms with Gasteiger partial charge in [-0.3, -0.25) is 4.79 Å². The van der Waals surface area contributed by atoms with Crippen molar-refractivity contribution >= 4 is 21.4 Å². The molecule has 0 saturated carbocycles. The van der Waals surface area contributed by atoms with E-state index in [2.05, 4.69) is 5.32 Å². The summed E-state index contributed by atoms with van der Waals surface area (Å²) in [5, 5.41) is 1.32. The number of unbranched alkanes of at least 4 members (excludes halogenated alkanes) is 2. The Balaban J connectivity index is 2.84. The third-order valence-electron chi connectivity index (χ3n) is 3.19. The molecule has 1 aromatic rings. The zero-order valence-electron chi connectivity index (χ0n) is 12.2. The van der Waals surface area contributed by atoms with E-state index < -0.39 is 26.8 Å². The zero-order valence-corrected chi connectivity index (χ0v) is 13.0. The predicted molar refractivity (Wildman–Crippen MR) is 80.0 cm³/mol. The van der Waals surface area contributed by atoms with Crippen molar-refractivity contribution < 1.29 is 17.6 Å². The normalized spacial score (nSPS) is 12.9. The third-order valence-corrected chi connectivity index (χ3v) is 5.32. The van der Waals surface area contributed by atoms with Crippen LogP contribution in [0.1, 0.15) is 33.1 Å². The Morgan fingerprint density at radius 2 is 2.05 bits per heavy atom. The number of rotatable bonds is 7. The van der Waals surface area contributed by atoms with E-state index in [9.17, 15) is 17.6 Å². The van der Waals surface area contributed by atoms with E-state index >= 15 is 0 Å². The lowest BCUT2D eigenvalue weighted by Gasteiger charge is -2.14. The van der Waals surface area contributed by atoms with Gasteiger partial charge in [-0.05, 0) is 31.5 Å². The molecule has 0 spiro atoms. The first-order valence-corrected chi connectivity index (χ1v) is 8.42. The minimum absolute atomic E-state index is 0.194. The van der Waals surface area contributed by atoms with Crippen LogP contribution < -0.4 is 11.1 Å². The molecule has 0 aromatic heterocycles. The third kappa shape index (κ3) is 4.42. The number of anilines is 1. The Morgan fingerprint density at radius 3 is 2.62 bits per heavy atom. The van der Waals surface area contributed by atoms with Crippen LogP contribution in [0.5, 0.6) is 0 Å². The average molecular weight is 316 g/mol. The number of hydrogen-bond donors (Lipinski definition) is 2. The number of nitrogens with one attached hydrogen (secondary N) is 1. The number of benzene rings is 1. The minimum atomic E-state index is -3.93. The Labute approximate surface area is 124 Å². The van der Waals surface area contributed by atoms with Crippen LogP contribution in [0, 0.1) is 5.82 Å². The highest BCUT2D eigenvalue weighted by atomic mass is 32.2. The van der Waals surface area contributed by atoms with Crippen molar-refractivity contribution in [2.75, 3.05) is 12.3 Å². The molecule has 5 nitrogen and oxygen atoms in total. The van der Waals surface area contributed by atoms with Crippen LogP contribution in [0.25, 0.3) is 0 Å². The maximum Gasteiger partial charge on any atom is 0.238 e. The summed E-state index contributed by atoms with van der Waals surface area (Å²) >= 11 is 0. The summed E-state index contributed by atoms with van der Waals surface area (Å²) in [5.41, 5.74) is 5.34. The molecule has 1 atom stereocenters. The quantitative estimate of drug-likeness (QED) is 0.456. The topological polar surface area (TPSA) is 89.3 Å². The van der Waals surface area contributed by atoms with Crippen molar-refractivity contribution in [1.82, 2.24) is 5.32 Å². The van der Waals surface area contributed by atoms with Gasteiger partial charge in [0.15, 0.2) is 9.84 Å². The maximum atomic E-state index is 13.0. The number of nitrogen functional groups attached to an aromatic ring is 1. The smallest absolute Gasteiger partial charge is 0.238 e. The molecule has 0 aliphatic rings. The summed E-state index contributed by atoms with van der Waals surface area (Å²) in [4.78, 5) is 11.7. The highest BCUT2D eigenvalue weighted by Gasteiger charge is 2.31. The number of halogens is 1. The molecule has 1 amide bonds. The number of carbonyl (C=O) groups is 1. The summed E-state index contributed by atoms with van der Waals surface area (Å²) in [6, 6.07) is 3.02. The first kappa shape index (κ1) is 17.4. The van der Waals surface area contributed by atoms with Gasteiger partial charge in [0.25, 0.3) is 0 Å². The van der Waals surface area contributed by atoms with Gasteiger partial charge in [-0.15, -0.1) is 0 Å². The number of carbonyl (C=O) groups excluding carboxylic acids is 1. The lowest BCUT2D eigenvalue weighted by Crippen LogP contribution is -2.38. The highest BCUT2D eigenvalue weighted by Crippen LogP contribution is 2.23. The molecule has 1 rings (SSSR count). The number of sulfone groups is 1. The Hall–Kier alpha value is -1.63. The number of amides is 1. The molecule has 3 N–H and O–H groups in total. The van der Waals surface area contributed by atoms with Gasteiger partial charge in [0.2, 0.25) is 5.91 Å². The lowest BCUT2D eigenvalue weighted by atomic mass is 10.2. The van der Waals surface area contributed by atoms with E-state index in [4.69, 9.17) is 5.73 Å². The largest absolute Gasteiger partial charge is 0.398 e. The Kier molecular flexibility index (Phi) is 6.14. The van der Waals surface area contributed by atoms with E-state index in [1.807, 2.05) is 6.92 Å². The predicted octanol–water partition coefficient (Wildman–Crippen LogP) is 1.88. The van der Waals surface area contributed by atoms with E-state index in [1.54, 1.807) is 0 Å². The van der Waals surface area contributed by atoms with Crippen molar-refractivity contribution in [2.45, 2.75) is 43.3 Å². The second-order valence-corrected chi connectivity index (χ2v) is 7.10. The molecular formula is C14H21FN2O3S. The summed E-state index contributed by atoms with van der Waals surface area (Å²) in [6.07, 6.45) is 2.77. The second kappa shape index (κ2) is 7.40. The second-order valence-electron chi connectivity index (χ2n) is 4.87.